The van der Waals surface area contributed by atoms with Gasteiger partial charge in [-0.25, -0.2) is 9.59 Å². The minimum atomic E-state index is -0.518. The highest BCUT2D eigenvalue weighted by molar-refractivity contribution is 5.60. The maximum atomic E-state index is 11.5. The Labute approximate surface area is 189 Å². The van der Waals surface area contributed by atoms with E-state index in [4.69, 9.17) is 18.9 Å². The summed E-state index contributed by atoms with van der Waals surface area (Å²) in [5.74, 6) is 0. The minimum absolute atomic E-state index is 0.451. The highest BCUT2D eigenvalue weighted by Gasteiger charge is 2.04. The third-order valence-electron chi connectivity index (χ3n) is 5.71. The van der Waals surface area contributed by atoms with Crippen molar-refractivity contribution in [1.82, 2.24) is 0 Å². The standard InChI is InChI=1S/C25H46O6/c26-24-28-20-16-12-8-4-2-1-3-5-9-13-17-21-29-25(27)31-23-19-15-11-7-6-10-14-18-22-30-24/h1-23H2. The summed E-state index contributed by atoms with van der Waals surface area (Å²) in [6, 6.07) is 0. The fraction of sp³-hybridized carbons (Fsp3) is 0.920. The van der Waals surface area contributed by atoms with Gasteiger partial charge in [-0.2, -0.15) is 0 Å². The van der Waals surface area contributed by atoms with Crippen LogP contribution in [0.4, 0.5) is 9.59 Å². The first-order chi connectivity index (χ1) is 15.3. The second-order valence-electron chi connectivity index (χ2n) is 8.61. The molecule has 1 saturated heterocycles. The zero-order chi connectivity index (χ0) is 22.2. The summed E-state index contributed by atoms with van der Waals surface area (Å²) in [4.78, 5) is 23.1. The maximum Gasteiger partial charge on any atom is 0.508 e. The SMILES string of the molecule is O=C1OCCCCCCCCCCCCCOC(=O)OCCCCCCCCCCO1. The van der Waals surface area contributed by atoms with Crippen molar-refractivity contribution in [2.45, 2.75) is 122 Å². The zero-order valence-electron chi connectivity index (χ0n) is 19.7. The lowest BCUT2D eigenvalue weighted by molar-refractivity contribution is 0.0518. The van der Waals surface area contributed by atoms with Gasteiger partial charge in [0.25, 0.3) is 0 Å². The first-order valence-corrected chi connectivity index (χ1v) is 12.9. The van der Waals surface area contributed by atoms with Crippen molar-refractivity contribution in [3.8, 4) is 0 Å². The van der Waals surface area contributed by atoms with Crippen LogP contribution >= 0.6 is 0 Å². The van der Waals surface area contributed by atoms with E-state index < -0.39 is 12.3 Å². The van der Waals surface area contributed by atoms with Gasteiger partial charge >= 0.3 is 12.3 Å². The lowest BCUT2D eigenvalue weighted by Gasteiger charge is -2.07. The Morgan fingerprint density at radius 2 is 0.452 bits per heavy atom. The molecule has 31 heavy (non-hydrogen) atoms. The molecular weight excluding hydrogens is 396 g/mol. The maximum absolute atomic E-state index is 11.5. The van der Waals surface area contributed by atoms with Gasteiger partial charge in [-0.1, -0.05) is 96.3 Å². The van der Waals surface area contributed by atoms with Crippen LogP contribution in [0, 0.1) is 0 Å². The molecule has 182 valence electrons. The highest BCUT2D eigenvalue weighted by Crippen LogP contribution is 2.12. The Morgan fingerprint density at radius 1 is 0.290 bits per heavy atom. The van der Waals surface area contributed by atoms with Crippen molar-refractivity contribution in [3.05, 3.63) is 0 Å². The van der Waals surface area contributed by atoms with Gasteiger partial charge in [0.15, 0.2) is 0 Å². The van der Waals surface area contributed by atoms with E-state index in [1.807, 2.05) is 0 Å². The molecule has 0 aromatic carbocycles. The first-order valence-electron chi connectivity index (χ1n) is 12.9. The monoisotopic (exact) mass is 442 g/mol. The number of ether oxygens (including phenoxy) is 4. The van der Waals surface area contributed by atoms with Crippen LogP contribution < -0.4 is 0 Å². The molecule has 0 saturated carbocycles. The molecule has 0 aromatic heterocycles. The summed E-state index contributed by atoms with van der Waals surface area (Å²) in [6.07, 6.45) is 20.4. The van der Waals surface area contributed by atoms with E-state index >= 15 is 0 Å². The van der Waals surface area contributed by atoms with E-state index in [1.165, 1.54) is 57.8 Å². The summed E-state index contributed by atoms with van der Waals surface area (Å²) in [6.45, 7) is 1.84. The van der Waals surface area contributed by atoms with Crippen LogP contribution in [0.2, 0.25) is 0 Å². The van der Waals surface area contributed by atoms with E-state index in [-0.39, 0.29) is 0 Å². The Hall–Kier alpha value is -1.46. The Kier molecular flexibility index (Phi) is 19.4. The zero-order valence-corrected chi connectivity index (χ0v) is 19.7. The molecule has 1 aliphatic heterocycles. The van der Waals surface area contributed by atoms with Gasteiger partial charge in [0.2, 0.25) is 0 Å². The molecule has 0 atom stereocenters. The lowest BCUT2D eigenvalue weighted by Crippen LogP contribution is -2.09. The van der Waals surface area contributed by atoms with E-state index in [9.17, 15) is 9.59 Å². The third kappa shape index (κ3) is 20.2. The van der Waals surface area contributed by atoms with Gasteiger partial charge in [-0.15, -0.1) is 0 Å². The fourth-order valence-electron chi connectivity index (χ4n) is 3.77. The van der Waals surface area contributed by atoms with Crippen LogP contribution in [0.15, 0.2) is 0 Å². The predicted octanol–water partition coefficient (Wildman–Crippen LogP) is 7.72. The van der Waals surface area contributed by atoms with Crippen LogP contribution in [0.1, 0.15) is 122 Å². The molecule has 0 N–H and O–H groups in total. The van der Waals surface area contributed by atoms with Gasteiger partial charge in [0.05, 0.1) is 26.4 Å². The molecule has 0 radical (unpaired) electrons. The summed E-state index contributed by atoms with van der Waals surface area (Å²) < 4.78 is 20.5. The molecule has 0 unspecified atom stereocenters. The molecule has 0 aromatic rings. The minimum Gasteiger partial charge on any atom is -0.434 e. The summed E-state index contributed by atoms with van der Waals surface area (Å²) in [5.41, 5.74) is 0. The number of hydrogen-bond acceptors (Lipinski definition) is 6. The molecule has 0 spiro atoms. The number of cyclic esters (lactones) is 4. The van der Waals surface area contributed by atoms with E-state index in [0.717, 1.165) is 64.2 Å². The summed E-state index contributed by atoms with van der Waals surface area (Å²) in [7, 11) is 0. The van der Waals surface area contributed by atoms with Gasteiger partial charge in [-0.3, -0.25) is 0 Å². The molecule has 1 fully saturated rings. The smallest absolute Gasteiger partial charge is 0.434 e. The molecule has 1 rings (SSSR count). The molecular formula is C25H46O6. The fourth-order valence-corrected chi connectivity index (χ4v) is 3.77. The lowest BCUT2D eigenvalue weighted by atomic mass is 10.1. The molecule has 0 amide bonds. The number of carbonyl (C=O) groups excluding carboxylic acids is 2. The Bertz CT molecular complexity index is 388. The van der Waals surface area contributed by atoms with Crippen LogP contribution in [0.5, 0.6) is 0 Å². The third-order valence-corrected chi connectivity index (χ3v) is 5.71. The van der Waals surface area contributed by atoms with E-state index in [1.54, 1.807) is 0 Å². The molecule has 6 heteroatoms. The van der Waals surface area contributed by atoms with Crippen molar-refractivity contribution in [1.29, 1.82) is 0 Å². The first kappa shape index (κ1) is 27.6. The topological polar surface area (TPSA) is 71.1 Å². The largest absolute Gasteiger partial charge is 0.508 e. The average Bonchev–Trinajstić information content (AvgIpc) is 2.76. The number of hydrogen-bond donors (Lipinski definition) is 0. The van der Waals surface area contributed by atoms with Crippen molar-refractivity contribution in [3.63, 3.8) is 0 Å². The predicted molar refractivity (Wildman–Crippen MR) is 122 cm³/mol. The Morgan fingerprint density at radius 3 is 0.645 bits per heavy atom. The van der Waals surface area contributed by atoms with Crippen LogP contribution in [0.25, 0.3) is 0 Å². The van der Waals surface area contributed by atoms with Crippen molar-refractivity contribution < 1.29 is 28.5 Å². The van der Waals surface area contributed by atoms with E-state index in [2.05, 4.69) is 0 Å². The number of carbonyl (C=O) groups is 2. The van der Waals surface area contributed by atoms with Gasteiger partial charge in [0, 0.05) is 0 Å². The average molecular weight is 443 g/mol. The van der Waals surface area contributed by atoms with Crippen molar-refractivity contribution in [2.75, 3.05) is 26.4 Å². The molecule has 1 heterocycles. The highest BCUT2D eigenvalue weighted by atomic mass is 16.7. The van der Waals surface area contributed by atoms with Crippen molar-refractivity contribution >= 4 is 12.3 Å². The van der Waals surface area contributed by atoms with Gasteiger partial charge < -0.3 is 18.9 Å². The molecule has 1 aliphatic rings. The Balaban J connectivity index is 2.13. The van der Waals surface area contributed by atoms with Crippen LogP contribution in [-0.4, -0.2) is 38.7 Å². The van der Waals surface area contributed by atoms with Crippen LogP contribution in [0.3, 0.4) is 0 Å². The van der Waals surface area contributed by atoms with Crippen LogP contribution in [-0.2, 0) is 18.9 Å². The quantitative estimate of drug-likeness (QED) is 0.358. The molecule has 0 bridgehead atoms. The second kappa shape index (κ2) is 21.8. The normalized spacial score (nSPS) is 22.3. The summed E-state index contributed by atoms with van der Waals surface area (Å²) >= 11 is 0. The van der Waals surface area contributed by atoms with E-state index in [0.29, 0.717) is 26.4 Å². The second-order valence-corrected chi connectivity index (χ2v) is 8.61. The number of rotatable bonds is 0. The molecule has 0 aliphatic carbocycles. The van der Waals surface area contributed by atoms with Gasteiger partial charge in [-0.05, 0) is 25.7 Å². The molecule has 6 nitrogen and oxygen atoms in total. The van der Waals surface area contributed by atoms with Crippen molar-refractivity contribution in [2.24, 2.45) is 0 Å². The van der Waals surface area contributed by atoms with Gasteiger partial charge in [0.1, 0.15) is 0 Å². The summed E-state index contributed by atoms with van der Waals surface area (Å²) in [5, 5.41) is 0.